The molecule has 0 aliphatic carbocycles. The normalized spacial score (nSPS) is 28.0. The maximum atomic E-state index is 5.99. The van der Waals surface area contributed by atoms with Crippen LogP contribution in [-0.2, 0) is 10.2 Å². The summed E-state index contributed by atoms with van der Waals surface area (Å²) in [6.07, 6.45) is 6.43. The monoisotopic (exact) mass is 308 g/mol. The average Bonchev–Trinajstić information content (AvgIpc) is 3.30. The first-order valence-electron chi connectivity index (χ1n) is 8.40. The van der Waals surface area contributed by atoms with Gasteiger partial charge in [0.1, 0.15) is 12.4 Å². The lowest BCUT2D eigenvalue weighted by Crippen LogP contribution is -2.39. The average molecular weight is 308 g/mol. The molecule has 1 aromatic carbocycles. The van der Waals surface area contributed by atoms with Crippen molar-refractivity contribution in [3.05, 3.63) is 53.9 Å². The minimum absolute atomic E-state index is 0.0620. The molecule has 0 radical (unpaired) electrons. The Bertz CT molecular complexity index is 742. The Hall–Kier alpha value is -2.07. The third-order valence-corrected chi connectivity index (χ3v) is 5.44. The van der Waals surface area contributed by atoms with Gasteiger partial charge in [0.25, 0.3) is 0 Å². The Labute approximate surface area is 136 Å². The number of aromatic nitrogens is 1. The summed E-state index contributed by atoms with van der Waals surface area (Å²) in [6, 6.07) is 10.9. The summed E-state index contributed by atoms with van der Waals surface area (Å²) < 4.78 is 11.9. The van der Waals surface area contributed by atoms with Crippen molar-refractivity contribution in [1.82, 2.24) is 4.98 Å². The molecule has 0 amide bonds. The van der Waals surface area contributed by atoms with E-state index >= 15 is 0 Å². The summed E-state index contributed by atoms with van der Waals surface area (Å²) in [5.41, 5.74) is 3.92. The number of benzene rings is 1. The molecule has 0 saturated carbocycles. The van der Waals surface area contributed by atoms with Crippen molar-refractivity contribution in [3.63, 3.8) is 0 Å². The van der Waals surface area contributed by atoms with Gasteiger partial charge in [0.2, 0.25) is 0 Å². The Kier molecular flexibility index (Phi) is 2.89. The first-order valence-corrected chi connectivity index (χ1v) is 8.40. The highest BCUT2D eigenvalue weighted by atomic mass is 16.5. The van der Waals surface area contributed by atoms with Crippen molar-refractivity contribution in [2.75, 3.05) is 31.2 Å². The van der Waals surface area contributed by atoms with Gasteiger partial charge < -0.3 is 14.4 Å². The van der Waals surface area contributed by atoms with Crippen LogP contribution in [0.3, 0.4) is 0 Å². The lowest BCUT2D eigenvalue weighted by atomic mass is 9.78. The SMILES string of the molecule is c1ccc2c(c1)N(C[C@H]1CCCO1)CC21COc2cnccc21. The van der Waals surface area contributed by atoms with Crippen LogP contribution in [0.5, 0.6) is 5.75 Å². The van der Waals surface area contributed by atoms with Crippen molar-refractivity contribution in [1.29, 1.82) is 0 Å². The quantitative estimate of drug-likeness (QED) is 0.854. The fourth-order valence-electron chi connectivity index (χ4n) is 4.37. The van der Waals surface area contributed by atoms with Crippen molar-refractivity contribution in [2.24, 2.45) is 0 Å². The topological polar surface area (TPSA) is 34.6 Å². The van der Waals surface area contributed by atoms with E-state index in [0.29, 0.717) is 12.7 Å². The maximum absolute atomic E-state index is 5.99. The molecule has 2 aromatic rings. The predicted octanol–water partition coefficient (Wildman–Crippen LogP) is 2.76. The molecule has 5 rings (SSSR count). The smallest absolute Gasteiger partial charge is 0.141 e. The first kappa shape index (κ1) is 13.4. The van der Waals surface area contributed by atoms with Crippen LogP contribution in [0.2, 0.25) is 0 Å². The molecule has 4 heterocycles. The molecule has 4 nitrogen and oxygen atoms in total. The van der Waals surface area contributed by atoms with Gasteiger partial charge in [-0.1, -0.05) is 18.2 Å². The molecule has 118 valence electrons. The molecule has 1 unspecified atom stereocenters. The highest BCUT2D eigenvalue weighted by molar-refractivity contribution is 5.68. The zero-order valence-electron chi connectivity index (χ0n) is 13.1. The summed E-state index contributed by atoms with van der Waals surface area (Å²) in [7, 11) is 0. The molecular weight excluding hydrogens is 288 g/mol. The van der Waals surface area contributed by atoms with Gasteiger partial charge in [0.15, 0.2) is 0 Å². The predicted molar refractivity (Wildman–Crippen MR) is 88.1 cm³/mol. The van der Waals surface area contributed by atoms with E-state index in [1.54, 1.807) is 0 Å². The summed E-state index contributed by atoms with van der Waals surface area (Å²) in [5, 5.41) is 0. The van der Waals surface area contributed by atoms with Crippen LogP contribution in [0.1, 0.15) is 24.0 Å². The van der Waals surface area contributed by atoms with Crippen LogP contribution < -0.4 is 9.64 Å². The van der Waals surface area contributed by atoms with Gasteiger partial charge in [-0.15, -0.1) is 0 Å². The van der Waals surface area contributed by atoms with Crippen LogP contribution in [0.25, 0.3) is 0 Å². The second kappa shape index (κ2) is 4.96. The Morgan fingerprint density at radius 1 is 1.22 bits per heavy atom. The van der Waals surface area contributed by atoms with Gasteiger partial charge in [-0.3, -0.25) is 4.98 Å². The Morgan fingerprint density at radius 2 is 2.17 bits per heavy atom. The minimum atomic E-state index is -0.0620. The van der Waals surface area contributed by atoms with Gasteiger partial charge in [0, 0.05) is 37.1 Å². The molecule has 0 bridgehead atoms. The van der Waals surface area contributed by atoms with Gasteiger partial charge >= 0.3 is 0 Å². The van der Waals surface area contributed by atoms with E-state index in [4.69, 9.17) is 9.47 Å². The third-order valence-electron chi connectivity index (χ3n) is 5.44. The minimum Gasteiger partial charge on any atom is -0.490 e. The molecule has 3 aliphatic heterocycles. The van der Waals surface area contributed by atoms with Crippen LogP contribution in [0.15, 0.2) is 42.7 Å². The number of ether oxygens (including phenoxy) is 2. The van der Waals surface area contributed by atoms with Crippen LogP contribution in [0.4, 0.5) is 5.69 Å². The van der Waals surface area contributed by atoms with E-state index in [2.05, 4.69) is 40.2 Å². The Morgan fingerprint density at radius 3 is 3.09 bits per heavy atom. The zero-order chi connectivity index (χ0) is 15.3. The first-order chi connectivity index (χ1) is 11.4. The zero-order valence-corrected chi connectivity index (χ0v) is 13.1. The summed E-state index contributed by atoms with van der Waals surface area (Å²) >= 11 is 0. The lowest BCUT2D eigenvalue weighted by molar-refractivity contribution is 0.115. The molecule has 1 fully saturated rings. The number of fused-ring (bicyclic) bond motifs is 4. The highest BCUT2D eigenvalue weighted by Crippen LogP contribution is 2.51. The second-order valence-electron chi connectivity index (χ2n) is 6.78. The van der Waals surface area contributed by atoms with Gasteiger partial charge in [-0.2, -0.15) is 0 Å². The number of nitrogens with zero attached hydrogens (tertiary/aromatic N) is 2. The largest absolute Gasteiger partial charge is 0.490 e. The number of hydrogen-bond acceptors (Lipinski definition) is 4. The highest BCUT2D eigenvalue weighted by Gasteiger charge is 2.49. The summed E-state index contributed by atoms with van der Waals surface area (Å²) in [6.45, 7) is 3.54. The molecule has 3 aliphatic rings. The molecule has 1 saturated heterocycles. The van der Waals surface area contributed by atoms with E-state index in [1.807, 2.05) is 12.4 Å². The summed E-state index contributed by atoms with van der Waals surface area (Å²) in [4.78, 5) is 6.70. The van der Waals surface area contributed by atoms with Crippen molar-refractivity contribution in [3.8, 4) is 5.75 Å². The molecule has 23 heavy (non-hydrogen) atoms. The van der Waals surface area contributed by atoms with E-state index in [-0.39, 0.29) is 5.41 Å². The molecule has 2 atom stereocenters. The fraction of sp³-hybridized carbons (Fsp3) is 0.421. The lowest BCUT2D eigenvalue weighted by Gasteiger charge is -2.26. The van der Waals surface area contributed by atoms with Crippen molar-refractivity contribution >= 4 is 5.69 Å². The number of para-hydroxylation sites is 1. The molecule has 1 spiro atoms. The summed E-state index contributed by atoms with van der Waals surface area (Å²) in [5.74, 6) is 0.932. The van der Waals surface area contributed by atoms with E-state index in [0.717, 1.165) is 25.4 Å². The Balaban J connectivity index is 1.57. The molecular formula is C19H20N2O2. The molecule has 0 N–H and O–H groups in total. The second-order valence-corrected chi connectivity index (χ2v) is 6.78. The number of anilines is 1. The molecule has 4 heteroatoms. The fourth-order valence-corrected chi connectivity index (χ4v) is 4.37. The standard InChI is InChI=1S/C19H20N2O2/c1-2-6-17-15(5-1)19(12-21(17)11-14-4-3-9-22-14)13-23-18-10-20-8-7-16(18)19/h1-2,5-8,10,14H,3-4,9,11-13H2/t14-,19?/m1/s1. The van der Waals surface area contributed by atoms with E-state index < -0.39 is 0 Å². The van der Waals surface area contributed by atoms with Gasteiger partial charge in [0.05, 0.1) is 17.7 Å². The van der Waals surface area contributed by atoms with Crippen molar-refractivity contribution < 1.29 is 9.47 Å². The van der Waals surface area contributed by atoms with Crippen molar-refractivity contribution in [2.45, 2.75) is 24.4 Å². The van der Waals surface area contributed by atoms with Crippen LogP contribution in [-0.4, -0.2) is 37.4 Å². The van der Waals surface area contributed by atoms with Gasteiger partial charge in [-0.05, 0) is 30.5 Å². The van der Waals surface area contributed by atoms with E-state index in [9.17, 15) is 0 Å². The van der Waals surface area contributed by atoms with Crippen LogP contribution >= 0.6 is 0 Å². The number of hydrogen-bond donors (Lipinski definition) is 0. The number of rotatable bonds is 2. The van der Waals surface area contributed by atoms with Gasteiger partial charge in [-0.25, -0.2) is 0 Å². The van der Waals surface area contributed by atoms with Crippen LogP contribution in [0, 0.1) is 0 Å². The number of pyridine rings is 1. The maximum Gasteiger partial charge on any atom is 0.141 e. The van der Waals surface area contributed by atoms with E-state index in [1.165, 1.54) is 29.7 Å². The molecule has 1 aromatic heterocycles. The third kappa shape index (κ3) is 1.91.